The molecule has 0 aliphatic heterocycles. The third-order valence-corrected chi connectivity index (χ3v) is 2.92. The van der Waals surface area contributed by atoms with E-state index in [1.807, 2.05) is 4.57 Å². The molecule has 0 radical (unpaired) electrons. The van der Waals surface area contributed by atoms with Crippen LogP contribution in [0.15, 0.2) is 17.6 Å². The Morgan fingerprint density at radius 1 is 1.20 bits per heavy atom. The highest BCUT2D eigenvalue weighted by Gasteiger charge is 1.98. The minimum Gasteiger partial charge on any atom is -0.357 e. The van der Waals surface area contributed by atoms with Gasteiger partial charge in [-0.15, -0.1) is 10.2 Å². The zero-order valence-electron chi connectivity index (χ0n) is 13.0. The third-order valence-electron chi connectivity index (χ3n) is 2.92. The monoisotopic (exact) mass is 280 g/mol. The van der Waals surface area contributed by atoms with Crippen LogP contribution in [0.5, 0.6) is 0 Å². The van der Waals surface area contributed by atoms with E-state index >= 15 is 0 Å². The van der Waals surface area contributed by atoms with E-state index < -0.39 is 0 Å². The van der Waals surface area contributed by atoms with Crippen molar-refractivity contribution in [3.05, 3.63) is 12.7 Å². The molecule has 0 aliphatic rings. The van der Waals surface area contributed by atoms with E-state index in [9.17, 15) is 0 Å². The molecule has 0 atom stereocenters. The van der Waals surface area contributed by atoms with Crippen LogP contribution in [0.2, 0.25) is 0 Å². The zero-order valence-corrected chi connectivity index (χ0v) is 13.0. The first-order chi connectivity index (χ1) is 9.72. The molecule has 1 aromatic heterocycles. The van der Waals surface area contributed by atoms with Crippen LogP contribution < -0.4 is 10.6 Å². The Hall–Kier alpha value is -1.59. The predicted octanol–water partition coefficient (Wildman–Crippen LogP) is 1.66. The van der Waals surface area contributed by atoms with Gasteiger partial charge in [-0.2, -0.15) is 0 Å². The van der Waals surface area contributed by atoms with Gasteiger partial charge in [0.2, 0.25) is 0 Å². The minimum atomic E-state index is 0.717. The Bertz CT molecular complexity index is 358. The summed E-state index contributed by atoms with van der Waals surface area (Å²) in [4.78, 5) is 4.58. The molecule has 1 aromatic rings. The van der Waals surface area contributed by atoms with Gasteiger partial charge < -0.3 is 15.2 Å². The fraction of sp³-hybridized carbons (Fsp3) is 0.786. The van der Waals surface area contributed by atoms with Crippen molar-refractivity contribution in [2.45, 2.75) is 46.6 Å². The molecule has 0 unspecified atom stereocenters. The maximum Gasteiger partial charge on any atom is 0.191 e. The van der Waals surface area contributed by atoms with E-state index in [0.717, 1.165) is 51.4 Å². The van der Waals surface area contributed by atoms with Crippen molar-refractivity contribution < 1.29 is 0 Å². The Morgan fingerprint density at radius 2 is 1.95 bits per heavy atom. The lowest BCUT2D eigenvalue weighted by atomic mass is 10.1. The smallest absolute Gasteiger partial charge is 0.191 e. The average Bonchev–Trinajstić information content (AvgIpc) is 2.91. The molecule has 1 rings (SSSR count). The van der Waals surface area contributed by atoms with E-state index in [0.29, 0.717) is 5.92 Å². The first-order valence-corrected chi connectivity index (χ1v) is 7.57. The maximum atomic E-state index is 4.58. The summed E-state index contributed by atoms with van der Waals surface area (Å²) in [5.41, 5.74) is 0. The number of nitrogens with zero attached hydrogens (tertiary/aromatic N) is 4. The van der Waals surface area contributed by atoms with Gasteiger partial charge in [0.05, 0.1) is 0 Å². The van der Waals surface area contributed by atoms with E-state index in [2.05, 4.69) is 46.6 Å². The number of nitrogens with one attached hydrogen (secondary N) is 2. The molecule has 0 spiro atoms. The number of aliphatic imine (C=N–C) groups is 1. The molecule has 0 amide bonds. The molecule has 0 saturated heterocycles. The summed E-state index contributed by atoms with van der Waals surface area (Å²) in [5, 5.41) is 14.2. The standard InChI is InChI=1S/C14H28N6/c1-4-15-14(17-9-7-13(2)3)16-8-5-6-10-20-11-18-19-12-20/h11-13H,4-10H2,1-3H3,(H2,15,16,17). The predicted molar refractivity (Wildman–Crippen MR) is 82.7 cm³/mol. The molecule has 6 heteroatoms. The third kappa shape index (κ3) is 7.76. The summed E-state index contributed by atoms with van der Waals surface area (Å²) in [6.45, 7) is 10.2. The fourth-order valence-electron chi connectivity index (χ4n) is 1.76. The number of aromatic nitrogens is 3. The number of aryl methyl sites for hydroxylation is 1. The minimum absolute atomic E-state index is 0.717. The summed E-state index contributed by atoms with van der Waals surface area (Å²) >= 11 is 0. The highest BCUT2D eigenvalue weighted by Crippen LogP contribution is 1.97. The lowest BCUT2D eigenvalue weighted by molar-refractivity contribution is 0.572. The van der Waals surface area contributed by atoms with Crippen LogP contribution in [0.3, 0.4) is 0 Å². The van der Waals surface area contributed by atoms with Gasteiger partial charge in [0.15, 0.2) is 5.96 Å². The van der Waals surface area contributed by atoms with Crippen molar-refractivity contribution in [1.29, 1.82) is 0 Å². The van der Waals surface area contributed by atoms with Crippen molar-refractivity contribution >= 4 is 5.96 Å². The van der Waals surface area contributed by atoms with Gasteiger partial charge >= 0.3 is 0 Å². The SMILES string of the molecule is CCNC(=NCCCCn1cnnc1)NCCC(C)C. The first-order valence-electron chi connectivity index (χ1n) is 7.57. The molecule has 1 heterocycles. The summed E-state index contributed by atoms with van der Waals surface area (Å²) in [7, 11) is 0. The molecular weight excluding hydrogens is 252 g/mol. The van der Waals surface area contributed by atoms with Gasteiger partial charge in [-0.25, -0.2) is 0 Å². The number of rotatable bonds is 9. The maximum absolute atomic E-state index is 4.58. The van der Waals surface area contributed by atoms with Gasteiger partial charge in [-0.05, 0) is 32.1 Å². The van der Waals surface area contributed by atoms with E-state index in [1.165, 1.54) is 0 Å². The second kappa shape index (κ2) is 10.2. The number of unbranched alkanes of at least 4 members (excludes halogenated alkanes) is 1. The Morgan fingerprint density at radius 3 is 2.60 bits per heavy atom. The van der Waals surface area contributed by atoms with Crippen LogP contribution in [-0.4, -0.2) is 40.4 Å². The molecule has 2 N–H and O–H groups in total. The van der Waals surface area contributed by atoms with Crippen LogP contribution in [0.25, 0.3) is 0 Å². The first kappa shape index (κ1) is 16.5. The second-order valence-electron chi connectivity index (χ2n) is 5.28. The van der Waals surface area contributed by atoms with Gasteiger partial charge in [0, 0.05) is 26.2 Å². The molecule has 0 aliphatic carbocycles. The van der Waals surface area contributed by atoms with Crippen molar-refractivity contribution in [1.82, 2.24) is 25.4 Å². The molecule has 20 heavy (non-hydrogen) atoms. The van der Waals surface area contributed by atoms with E-state index in [-0.39, 0.29) is 0 Å². The molecule has 0 bridgehead atoms. The van der Waals surface area contributed by atoms with Crippen LogP contribution in [0.1, 0.15) is 40.0 Å². The number of hydrogen-bond acceptors (Lipinski definition) is 3. The van der Waals surface area contributed by atoms with Crippen molar-refractivity contribution in [2.24, 2.45) is 10.9 Å². The molecule has 0 aromatic carbocycles. The lowest BCUT2D eigenvalue weighted by Gasteiger charge is -2.12. The number of guanidine groups is 1. The van der Waals surface area contributed by atoms with Crippen LogP contribution >= 0.6 is 0 Å². The van der Waals surface area contributed by atoms with Crippen molar-refractivity contribution in [3.63, 3.8) is 0 Å². The van der Waals surface area contributed by atoms with Crippen LogP contribution in [0.4, 0.5) is 0 Å². The molecule has 0 saturated carbocycles. The van der Waals surface area contributed by atoms with Gasteiger partial charge in [0.25, 0.3) is 0 Å². The van der Waals surface area contributed by atoms with Crippen molar-refractivity contribution in [2.75, 3.05) is 19.6 Å². The normalized spacial score (nSPS) is 11.9. The van der Waals surface area contributed by atoms with E-state index in [4.69, 9.17) is 0 Å². The fourth-order valence-corrected chi connectivity index (χ4v) is 1.76. The summed E-state index contributed by atoms with van der Waals surface area (Å²) < 4.78 is 2.00. The average molecular weight is 280 g/mol. The summed E-state index contributed by atoms with van der Waals surface area (Å²) in [6.07, 6.45) is 6.82. The highest BCUT2D eigenvalue weighted by molar-refractivity contribution is 5.79. The molecule has 114 valence electrons. The van der Waals surface area contributed by atoms with Crippen molar-refractivity contribution in [3.8, 4) is 0 Å². The van der Waals surface area contributed by atoms with Crippen LogP contribution in [-0.2, 0) is 6.54 Å². The summed E-state index contributed by atoms with van der Waals surface area (Å²) in [6, 6.07) is 0. The second-order valence-corrected chi connectivity index (χ2v) is 5.28. The Balaban J connectivity index is 2.17. The quantitative estimate of drug-likeness (QED) is 0.410. The van der Waals surface area contributed by atoms with Gasteiger partial charge in [-0.1, -0.05) is 13.8 Å². The Kier molecular flexibility index (Phi) is 8.42. The van der Waals surface area contributed by atoms with Gasteiger partial charge in [-0.3, -0.25) is 4.99 Å². The molecular formula is C14H28N6. The van der Waals surface area contributed by atoms with Crippen LogP contribution in [0, 0.1) is 5.92 Å². The number of hydrogen-bond donors (Lipinski definition) is 2. The largest absolute Gasteiger partial charge is 0.357 e. The lowest BCUT2D eigenvalue weighted by Crippen LogP contribution is -2.38. The van der Waals surface area contributed by atoms with E-state index in [1.54, 1.807) is 12.7 Å². The zero-order chi connectivity index (χ0) is 14.6. The molecule has 6 nitrogen and oxygen atoms in total. The Labute approximate surface area is 122 Å². The topological polar surface area (TPSA) is 67.1 Å². The summed E-state index contributed by atoms with van der Waals surface area (Å²) in [5.74, 6) is 1.65. The highest BCUT2D eigenvalue weighted by atomic mass is 15.2. The van der Waals surface area contributed by atoms with Gasteiger partial charge in [0.1, 0.15) is 12.7 Å². The molecule has 0 fully saturated rings.